The van der Waals surface area contributed by atoms with Gasteiger partial charge >= 0.3 is 0 Å². The van der Waals surface area contributed by atoms with Gasteiger partial charge in [-0.2, -0.15) is 4.31 Å². The van der Waals surface area contributed by atoms with Crippen molar-refractivity contribution in [3.63, 3.8) is 0 Å². The Labute approximate surface area is 160 Å². The van der Waals surface area contributed by atoms with E-state index in [1.807, 2.05) is 6.92 Å². The summed E-state index contributed by atoms with van der Waals surface area (Å²) in [7, 11) is -3.78. The number of hydrogen-bond acceptors (Lipinski definition) is 4. The summed E-state index contributed by atoms with van der Waals surface area (Å²) in [6.07, 6.45) is 4.67. The minimum absolute atomic E-state index is 0.0143. The van der Waals surface area contributed by atoms with Gasteiger partial charge in [0.25, 0.3) is 0 Å². The number of azide groups is 2. The predicted octanol–water partition coefficient (Wildman–Crippen LogP) is 4.95. The van der Waals surface area contributed by atoms with Gasteiger partial charge in [0.05, 0.1) is 10.9 Å². The summed E-state index contributed by atoms with van der Waals surface area (Å²) in [5.41, 5.74) is 18.3. The lowest BCUT2D eigenvalue weighted by atomic mass is 10.1. The maximum Gasteiger partial charge on any atom is 0.243 e. The molecule has 0 radical (unpaired) electrons. The fourth-order valence-corrected chi connectivity index (χ4v) is 4.14. The van der Waals surface area contributed by atoms with Crippen molar-refractivity contribution in [1.82, 2.24) is 4.31 Å². The molecule has 0 aromatic heterocycles. The molecule has 0 saturated carbocycles. The van der Waals surface area contributed by atoms with Gasteiger partial charge in [-0.25, -0.2) is 8.42 Å². The van der Waals surface area contributed by atoms with Gasteiger partial charge in [0.2, 0.25) is 10.0 Å². The van der Waals surface area contributed by atoms with Crippen LogP contribution in [0.3, 0.4) is 0 Å². The zero-order chi connectivity index (χ0) is 20.1. The Hall–Kier alpha value is -2.25. The van der Waals surface area contributed by atoms with E-state index in [1.54, 1.807) is 24.3 Å². The van der Waals surface area contributed by atoms with Crippen LogP contribution in [0.5, 0.6) is 0 Å². The molecule has 148 valence electrons. The molecule has 1 unspecified atom stereocenters. The van der Waals surface area contributed by atoms with Crippen LogP contribution in [0.4, 0.5) is 0 Å². The number of rotatable bonds is 13. The number of sulfonamides is 1. The van der Waals surface area contributed by atoms with E-state index >= 15 is 0 Å². The molecule has 0 saturated heterocycles. The minimum Gasteiger partial charge on any atom is -0.207 e. The molecule has 9 nitrogen and oxygen atoms in total. The second kappa shape index (κ2) is 12.2. The van der Waals surface area contributed by atoms with Crippen molar-refractivity contribution in [2.75, 3.05) is 19.6 Å². The highest BCUT2D eigenvalue weighted by Gasteiger charge is 2.26. The van der Waals surface area contributed by atoms with Gasteiger partial charge in [-0.3, -0.25) is 0 Å². The van der Waals surface area contributed by atoms with Crippen LogP contribution >= 0.6 is 0 Å². The molecule has 0 aliphatic heterocycles. The van der Waals surface area contributed by atoms with E-state index in [-0.39, 0.29) is 24.5 Å². The van der Waals surface area contributed by atoms with Crippen molar-refractivity contribution in [3.8, 4) is 0 Å². The smallest absolute Gasteiger partial charge is 0.207 e. The van der Waals surface area contributed by atoms with Crippen molar-refractivity contribution < 1.29 is 8.42 Å². The Balaban J connectivity index is 3.00. The predicted molar refractivity (Wildman–Crippen MR) is 106 cm³/mol. The standard InChI is InChI=1S/C17H27N7O2S/c1-3-4-5-6-7-16(21-23-19)14-24(13-12-20-22-18)27(25,26)17-10-8-15(2)9-11-17/h8-11,16H,3-7,12-14H2,1-2H3. The molecule has 0 amide bonds. The van der Waals surface area contributed by atoms with Crippen LogP contribution in [-0.4, -0.2) is 38.4 Å². The molecule has 10 heteroatoms. The van der Waals surface area contributed by atoms with Crippen LogP contribution in [0.1, 0.15) is 44.6 Å². The molecular weight excluding hydrogens is 366 g/mol. The summed E-state index contributed by atoms with van der Waals surface area (Å²) in [5.74, 6) is 0. The normalized spacial score (nSPS) is 12.3. The number of unbranched alkanes of at least 4 members (excludes halogenated alkanes) is 3. The molecule has 0 heterocycles. The quantitative estimate of drug-likeness (QED) is 0.203. The Morgan fingerprint density at radius 2 is 1.81 bits per heavy atom. The maximum atomic E-state index is 13.0. The summed E-state index contributed by atoms with van der Waals surface area (Å²) in [6, 6.07) is 6.10. The Morgan fingerprint density at radius 1 is 1.11 bits per heavy atom. The highest BCUT2D eigenvalue weighted by atomic mass is 32.2. The highest BCUT2D eigenvalue weighted by Crippen LogP contribution is 2.19. The molecule has 0 aliphatic rings. The van der Waals surface area contributed by atoms with Gasteiger partial charge in [-0.05, 0) is 36.5 Å². The highest BCUT2D eigenvalue weighted by molar-refractivity contribution is 7.89. The second-order valence-electron chi connectivity index (χ2n) is 6.34. The van der Waals surface area contributed by atoms with Gasteiger partial charge in [0.1, 0.15) is 0 Å². The Bertz CT molecular complexity index is 767. The topological polar surface area (TPSA) is 135 Å². The molecule has 0 fully saturated rings. The SMILES string of the molecule is CCCCCCC(CN(CCN=[N+]=[N-])S(=O)(=O)c1ccc(C)cc1)N=[N+]=[N-]. The van der Waals surface area contributed by atoms with Crippen molar-refractivity contribution in [2.24, 2.45) is 10.2 Å². The minimum atomic E-state index is -3.78. The lowest BCUT2D eigenvalue weighted by Gasteiger charge is -2.24. The summed E-state index contributed by atoms with van der Waals surface area (Å²) in [5, 5.41) is 7.23. The van der Waals surface area contributed by atoms with E-state index in [0.717, 1.165) is 31.2 Å². The van der Waals surface area contributed by atoms with Crippen molar-refractivity contribution in [1.29, 1.82) is 0 Å². The third kappa shape index (κ3) is 7.88. The van der Waals surface area contributed by atoms with E-state index in [4.69, 9.17) is 11.1 Å². The average Bonchev–Trinajstić information content (AvgIpc) is 2.64. The molecule has 1 aromatic carbocycles. The largest absolute Gasteiger partial charge is 0.243 e. The molecule has 0 aliphatic carbocycles. The fraction of sp³-hybridized carbons (Fsp3) is 0.647. The number of aryl methyl sites for hydroxylation is 1. The molecule has 0 bridgehead atoms. The second-order valence-corrected chi connectivity index (χ2v) is 8.28. The van der Waals surface area contributed by atoms with E-state index in [0.29, 0.717) is 6.42 Å². The van der Waals surface area contributed by atoms with E-state index in [9.17, 15) is 8.42 Å². The zero-order valence-electron chi connectivity index (χ0n) is 15.9. The molecular formula is C17H27N7O2S. The first-order valence-corrected chi connectivity index (χ1v) is 10.5. The molecule has 1 rings (SSSR count). The molecule has 27 heavy (non-hydrogen) atoms. The van der Waals surface area contributed by atoms with Crippen LogP contribution in [0.2, 0.25) is 0 Å². The summed E-state index contributed by atoms with van der Waals surface area (Å²) >= 11 is 0. The number of hydrogen-bond donors (Lipinski definition) is 0. The van der Waals surface area contributed by atoms with Crippen molar-refractivity contribution in [2.45, 2.75) is 56.9 Å². The maximum absolute atomic E-state index is 13.0. The van der Waals surface area contributed by atoms with E-state index in [1.165, 1.54) is 4.31 Å². The van der Waals surface area contributed by atoms with E-state index < -0.39 is 16.1 Å². The Kier molecular flexibility index (Phi) is 10.3. The summed E-state index contributed by atoms with van der Waals surface area (Å²) in [4.78, 5) is 5.72. The molecule has 0 N–H and O–H groups in total. The third-order valence-corrected chi connectivity index (χ3v) is 6.07. The van der Waals surface area contributed by atoms with Crippen molar-refractivity contribution >= 4 is 10.0 Å². The number of nitrogens with zero attached hydrogens (tertiary/aromatic N) is 7. The third-order valence-electron chi connectivity index (χ3n) is 4.19. The van der Waals surface area contributed by atoms with E-state index in [2.05, 4.69) is 27.0 Å². The van der Waals surface area contributed by atoms with Crippen LogP contribution in [0.15, 0.2) is 39.4 Å². The summed E-state index contributed by atoms with van der Waals surface area (Å²) in [6.45, 7) is 4.10. The van der Waals surface area contributed by atoms with Crippen LogP contribution < -0.4 is 0 Å². The molecule has 0 spiro atoms. The lowest BCUT2D eigenvalue weighted by Crippen LogP contribution is -2.38. The first-order chi connectivity index (χ1) is 13.0. The zero-order valence-corrected chi connectivity index (χ0v) is 16.7. The first kappa shape index (κ1) is 22.8. The average molecular weight is 394 g/mol. The van der Waals surface area contributed by atoms with Crippen LogP contribution in [0, 0.1) is 6.92 Å². The molecule has 1 aromatic rings. The van der Waals surface area contributed by atoms with Gasteiger partial charge in [-0.1, -0.05) is 60.5 Å². The fourth-order valence-electron chi connectivity index (χ4n) is 2.67. The lowest BCUT2D eigenvalue weighted by molar-refractivity contribution is 0.375. The van der Waals surface area contributed by atoms with Crippen LogP contribution in [0.25, 0.3) is 20.9 Å². The first-order valence-electron chi connectivity index (χ1n) is 9.07. The van der Waals surface area contributed by atoms with Gasteiger partial charge in [0.15, 0.2) is 0 Å². The van der Waals surface area contributed by atoms with Gasteiger partial charge in [-0.15, -0.1) is 0 Å². The molecule has 1 atom stereocenters. The summed E-state index contributed by atoms with van der Waals surface area (Å²) < 4.78 is 27.3. The van der Waals surface area contributed by atoms with Gasteiger partial charge in [0, 0.05) is 29.5 Å². The van der Waals surface area contributed by atoms with Crippen LogP contribution in [-0.2, 0) is 10.0 Å². The number of benzene rings is 1. The Morgan fingerprint density at radius 3 is 2.41 bits per heavy atom. The van der Waals surface area contributed by atoms with Gasteiger partial charge < -0.3 is 0 Å². The van der Waals surface area contributed by atoms with Crippen molar-refractivity contribution in [3.05, 3.63) is 50.7 Å². The monoisotopic (exact) mass is 393 g/mol.